The van der Waals surface area contributed by atoms with E-state index in [1.165, 1.54) is 42.6 Å². The van der Waals surface area contributed by atoms with Crippen LogP contribution in [0.1, 0.15) is 57.7 Å². The quantitative estimate of drug-likeness (QED) is 0.560. The van der Waals surface area contributed by atoms with Crippen LogP contribution in [0.4, 0.5) is 5.95 Å². The summed E-state index contributed by atoms with van der Waals surface area (Å²) >= 11 is 1.53. The summed E-state index contributed by atoms with van der Waals surface area (Å²) in [6.45, 7) is 8.63. The van der Waals surface area contributed by atoms with Crippen molar-refractivity contribution in [2.75, 3.05) is 18.0 Å². The molecule has 0 aliphatic heterocycles. The molecule has 1 radical (unpaired) electrons. The highest BCUT2D eigenvalue weighted by Gasteiger charge is 2.10. The van der Waals surface area contributed by atoms with Crippen LogP contribution in [-0.4, -0.2) is 28.0 Å². The monoisotopic (exact) mass is 345 g/mol. The molecular weight excluding hydrogens is 316 g/mol. The second-order valence-corrected chi connectivity index (χ2v) is 7.31. The Kier molecular flexibility index (Phi) is 8.16. The second-order valence-electron chi connectivity index (χ2n) is 6.66. The molecule has 0 fully saturated rings. The first kappa shape index (κ1) is 18.8. The van der Waals surface area contributed by atoms with E-state index in [9.17, 15) is 0 Å². The Labute approximate surface area is 150 Å². The van der Waals surface area contributed by atoms with Gasteiger partial charge in [0.15, 0.2) is 5.51 Å². The summed E-state index contributed by atoms with van der Waals surface area (Å²) < 4.78 is 0. The third-order valence-corrected chi connectivity index (χ3v) is 4.75. The van der Waals surface area contributed by atoms with Crippen LogP contribution in [0.25, 0.3) is 0 Å². The fourth-order valence-electron chi connectivity index (χ4n) is 2.61. The second kappa shape index (κ2) is 10.4. The van der Waals surface area contributed by atoms with Crippen molar-refractivity contribution in [3.8, 4) is 0 Å². The van der Waals surface area contributed by atoms with E-state index < -0.39 is 0 Å². The molecular formula is C19H29N4S. The lowest BCUT2D eigenvalue weighted by atomic mass is 10.1. The Balaban J connectivity index is 1.89. The van der Waals surface area contributed by atoms with Gasteiger partial charge in [-0.05, 0) is 24.3 Å². The van der Waals surface area contributed by atoms with Gasteiger partial charge in [0.25, 0.3) is 0 Å². The van der Waals surface area contributed by atoms with Crippen molar-refractivity contribution in [2.45, 2.75) is 59.3 Å². The summed E-state index contributed by atoms with van der Waals surface area (Å²) in [5.41, 5.74) is 5.21. The van der Waals surface area contributed by atoms with Crippen LogP contribution < -0.4 is 4.90 Å². The van der Waals surface area contributed by atoms with Crippen molar-refractivity contribution in [1.82, 2.24) is 15.0 Å². The summed E-state index contributed by atoms with van der Waals surface area (Å²) in [7, 11) is 0. The Morgan fingerprint density at radius 3 is 2.54 bits per heavy atom. The Bertz CT molecular complexity index is 551. The minimum Gasteiger partial charge on any atom is -0.340 e. The first-order valence-electron chi connectivity index (χ1n) is 9.05. The molecule has 2 aromatic rings. The molecule has 0 N–H and O–H groups in total. The fourth-order valence-corrected chi connectivity index (χ4v) is 3.14. The zero-order valence-corrected chi connectivity index (χ0v) is 16.0. The van der Waals surface area contributed by atoms with E-state index in [4.69, 9.17) is 0 Å². The number of aromatic nitrogens is 3. The van der Waals surface area contributed by atoms with Gasteiger partial charge in [-0.25, -0.2) is 15.0 Å². The maximum absolute atomic E-state index is 4.57. The third-order valence-electron chi connectivity index (χ3n) is 4.17. The van der Waals surface area contributed by atoms with Crippen LogP contribution in [0, 0.1) is 11.4 Å². The molecule has 0 saturated heterocycles. The summed E-state index contributed by atoms with van der Waals surface area (Å²) in [5, 5.41) is 2.07. The van der Waals surface area contributed by atoms with Crippen LogP contribution in [0.3, 0.4) is 0 Å². The molecule has 0 atom stereocenters. The summed E-state index contributed by atoms with van der Waals surface area (Å²) in [4.78, 5) is 15.7. The predicted molar refractivity (Wildman–Crippen MR) is 102 cm³/mol. The van der Waals surface area contributed by atoms with Gasteiger partial charge in [-0.3, -0.25) is 0 Å². The molecule has 4 nitrogen and oxygen atoms in total. The van der Waals surface area contributed by atoms with E-state index in [-0.39, 0.29) is 0 Å². The fraction of sp³-hybridized carbons (Fsp3) is 0.632. The van der Waals surface area contributed by atoms with Crippen LogP contribution in [0.15, 0.2) is 17.8 Å². The standard InChI is InChI=1S/C19H29N4S/c1-4-17-12-20-19(21-13-17)23(10-7-5-6-8-16(2)3)11-9-18-14-24-15-22-18/h12-14,16H,4-11H2,1-3H3. The van der Waals surface area contributed by atoms with Gasteiger partial charge in [-0.1, -0.05) is 40.0 Å². The van der Waals surface area contributed by atoms with Crippen LogP contribution in [0.2, 0.25) is 0 Å². The molecule has 0 spiro atoms. The van der Waals surface area contributed by atoms with E-state index >= 15 is 0 Å². The van der Waals surface area contributed by atoms with Gasteiger partial charge < -0.3 is 4.90 Å². The molecule has 0 bridgehead atoms. The highest BCUT2D eigenvalue weighted by atomic mass is 32.1. The largest absolute Gasteiger partial charge is 0.340 e. The third kappa shape index (κ3) is 6.56. The number of rotatable bonds is 11. The molecule has 0 aromatic carbocycles. The number of nitrogens with zero attached hydrogens (tertiary/aromatic N) is 4. The molecule has 2 aromatic heterocycles. The van der Waals surface area contributed by atoms with Gasteiger partial charge in [0, 0.05) is 37.3 Å². The first-order valence-corrected chi connectivity index (χ1v) is 9.93. The van der Waals surface area contributed by atoms with E-state index in [1.807, 2.05) is 12.4 Å². The molecule has 0 saturated carbocycles. The van der Waals surface area contributed by atoms with Gasteiger partial charge in [0.2, 0.25) is 5.95 Å². The van der Waals surface area contributed by atoms with E-state index in [2.05, 4.69) is 51.5 Å². The predicted octanol–water partition coefficient (Wildman–Crippen LogP) is 4.56. The number of aryl methyl sites for hydroxylation is 1. The Hall–Kier alpha value is -1.49. The van der Waals surface area contributed by atoms with E-state index in [0.29, 0.717) is 0 Å². The van der Waals surface area contributed by atoms with Crippen molar-refractivity contribution in [3.63, 3.8) is 0 Å². The number of hydrogen-bond acceptors (Lipinski definition) is 5. The smallest absolute Gasteiger partial charge is 0.225 e. The zero-order valence-electron chi connectivity index (χ0n) is 15.2. The van der Waals surface area contributed by atoms with Crippen molar-refractivity contribution in [3.05, 3.63) is 34.5 Å². The molecule has 0 aliphatic rings. The van der Waals surface area contributed by atoms with Gasteiger partial charge in [0.05, 0.1) is 5.69 Å². The summed E-state index contributed by atoms with van der Waals surface area (Å²) in [5.74, 6) is 1.64. The van der Waals surface area contributed by atoms with Crippen LogP contribution in [-0.2, 0) is 12.8 Å². The van der Waals surface area contributed by atoms with Crippen LogP contribution >= 0.6 is 11.3 Å². The lowest BCUT2D eigenvalue weighted by Crippen LogP contribution is -2.29. The SMILES string of the molecule is CCc1cnc(N(CCCCCC(C)C)CCc2cs[c]n2)nc1. The average Bonchev–Trinajstić information content (AvgIpc) is 3.10. The van der Waals surface area contributed by atoms with E-state index in [0.717, 1.165) is 43.5 Å². The number of anilines is 1. The topological polar surface area (TPSA) is 41.9 Å². The lowest BCUT2D eigenvalue weighted by molar-refractivity contribution is 0.524. The summed E-state index contributed by atoms with van der Waals surface area (Å²) in [6, 6.07) is 0. The highest BCUT2D eigenvalue weighted by Crippen LogP contribution is 2.13. The average molecular weight is 346 g/mol. The number of unbranched alkanes of at least 4 members (excludes halogenated alkanes) is 2. The molecule has 0 amide bonds. The number of hydrogen-bond donors (Lipinski definition) is 0. The van der Waals surface area contributed by atoms with Crippen molar-refractivity contribution in [1.29, 1.82) is 0 Å². The highest BCUT2D eigenvalue weighted by molar-refractivity contribution is 7.07. The van der Waals surface area contributed by atoms with Gasteiger partial charge in [-0.15, -0.1) is 11.3 Å². The van der Waals surface area contributed by atoms with Gasteiger partial charge in [-0.2, -0.15) is 0 Å². The Morgan fingerprint density at radius 1 is 1.12 bits per heavy atom. The maximum atomic E-state index is 4.57. The molecule has 2 heterocycles. The lowest BCUT2D eigenvalue weighted by Gasteiger charge is -2.22. The molecule has 0 unspecified atom stereocenters. The van der Waals surface area contributed by atoms with Gasteiger partial charge >= 0.3 is 0 Å². The first-order chi connectivity index (χ1) is 11.7. The molecule has 2 rings (SSSR count). The zero-order chi connectivity index (χ0) is 17.2. The normalized spacial score (nSPS) is 11.2. The van der Waals surface area contributed by atoms with Crippen molar-refractivity contribution in [2.24, 2.45) is 5.92 Å². The minimum absolute atomic E-state index is 0.798. The molecule has 5 heteroatoms. The Morgan fingerprint density at radius 2 is 1.92 bits per heavy atom. The van der Waals surface area contributed by atoms with Crippen molar-refractivity contribution >= 4 is 17.3 Å². The van der Waals surface area contributed by atoms with E-state index in [1.54, 1.807) is 0 Å². The molecule has 0 aliphatic carbocycles. The molecule has 131 valence electrons. The summed E-state index contributed by atoms with van der Waals surface area (Å²) in [6.07, 6.45) is 10.9. The van der Waals surface area contributed by atoms with Crippen LogP contribution in [0.5, 0.6) is 0 Å². The minimum atomic E-state index is 0.798. The maximum Gasteiger partial charge on any atom is 0.225 e. The van der Waals surface area contributed by atoms with Crippen molar-refractivity contribution < 1.29 is 0 Å². The number of thiazole rings is 1. The molecule has 24 heavy (non-hydrogen) atoms. The van der Waals surface area contributed by atoms with Gasteiger partial charge in [0.1, 0.15) is 0 Å².